The molecule has 4 aromatic rings. The van der Waals surface area contributed by atoms with Gasteiger partial charge in [0.25, 0.3) is 0 Å². The molecule has 2 saturated heterocycles. The summed E-state index contributed by atoms with van der Waals surface area (Å²) in [5.41, 5.74) is 5.89. The molecule has 2 fully saturated rings. The van der Waals surface area contributed by atoms with E-state index in [0.717, 1.165) is 83.3 Å². The highest BCUT2D eigenvalue weighted by Crippen LogP contribution is 2.38. The summed E-state index contributed by atoms with van der Waals surface area (Å²) >= 11 is 0. The summed E-state index contributed by atoms with van der Waals surface area (Å²) in [6.45, 7) is 5.55. The number of fused-ring (bicyclic) bond motifs is 2. The first-order valence-electron chi connectivity index (χ1n) is 12.3. The number of ether oxygens (including phenoxy) is 2. The maximum atomic E-state index is 10.0. The summed E-state index contributed by atoms with van der Waals surface area (Å²) in [5.74, 6) is 2.41. The van der Waals surface area contributed by atoms with Gasteiger partial charge in [-0.05, 0) is 31.5 Å². The fourth-order valence-corrected chi connectivity index (χ4v) is 5.51. The normalized spacial score (nSPS) is 20.1. The number of hydrogen-bond acceptors (Lipinski definition) is 8. The number of hydrogen-bond donors (Lipinski definition) is 2. The second-order valence-corrected chi connectivity index (χ2v) is 9.53. The van der Waals surface area contributed by atoms with Crippen molar-refractivity contribution in [2.75, 3.05) is 45.3 Å². The lowest BCUT2D eigenvalue weighted by atomic mass is 10.0. The van der Waals surface area contributed by atoms with Gasteiger partial charge >= 0.3 is 0 Å². The lowest BCUT2D eigenvalue weighted by Crippen LogP contribution is -2.50. The van der Waals surface area contributed by atoms with Crippen molar-refractivity contribution < 1.29 is 14.6 Å². The van der Waals surface area contributed by atoms with Crippen molar-refractivity contribution in [2.24, 2.45) is 0 Å². The van der Waals surface area contributed by atoms with Gasteiger partial charge in [0.2, 0.25) is 0 Å². The Labute approximate surface area is 209 Å². The third-order valence-electron chi connectivity index (χ3n) is 7.42. The molecule has 0 aliphatic carbocycles. The van der Waals surface area contributed by atoms with E-state index in [1.165, 1.54) is 0 Å². The molecule has 5 heterocycles. The Morgan fingerprint density at radius 3 is 2.67 bits per heavy atom. The van der Waals surface area contributed by atoms with E-state index in [0.29, 0.717) is 11.8 Å². The summed E-state index contributed by atoms with van der Waals surface area (Å²) in [6.07, 6.45) is 2.48. The van der Waals surface area contributed by atoms with E-state index in [2.05, 4.69) is 26.1 Å². The number of aromatic nitrogens is 4. The first kappa shape index (κ1) is 22.8. The number of rotatable bonds is 5. The van der Waals surface area contributed by atoms with Crippen molar-refractivity contribution in [1.29, 1.82) is 0 Å². The average molecular weight is 487 g/mol. The van der Waals surface area contributed by atoms with E-state index in [1.807, 2.05) is 43.5 Å². The molecular formula is C27H30N6O3. The molecule has 2 N–H and O–H groups in total. The molecule has 36 heavy (non-hydrogen) atoms. The number of anilines is 1. The van der Waals surface area contributed by atoms with Crippen molar-refractivity contribution >= 4 is 16.9 Å². The lowest BCUT2D eigenvalue weighted by molar-refractivity contribution is 0.173. The molecule has 0 bridgehead atoms. The van der Waals surface area contributed by atoms with Crippen LogP contribution in [0.15, 0.2) is 42.6 Å². The average Bonchev–Trinajstić information content (AvgIpc) is 3.49. The van der Waals surface area contributed by atoms with Crippen LogP contribution < -0.4 is 14.4 Å². The molecule has 0 radical (unpaired) electrons. The highest BCUT2D eigenvalue weighted by Gasteiger charge is 2.35. The van der Waals surface area contributed by atoms with Crippen LogP contribution in [0.1, 0.15) is 12.0 Å². The van der Waals surface area contributed by atoms with Gasteiger partial charge in [-0.25, -0.2) is 9.97 Å². The van der Waals surface area contributed by atoms with E-state index in [1.54, 1.807) is 14.2 Å². The fourth-order valence-electron chi connectivity index (χ4n) is 5.51. The van der Waals surface area contributed by atoms with Crippen LogP contribution in [0.5, 0.6) is 11.5 Å². The van der Waals surface area contributed by atoms with Crippen LogP contribution in [0.25, 0.3) is 33.5 Å². The maximum Gasteiger partial charge on any atom is 0.147 e. The summed E-state index contributed by atoms with van der Waals surface area (Å²) in [4.78, 5) is 14.5. The van der Waals surface area contributed by atoms with Crippen molar-refractivity contribution in [3.05, 3.63) is 48.2 Å². The lowest BCUT2D eigenvalue weighted by Gasteiger charge is -2.37. The van der Waals surface area contributed by atoms with Crippen LogP contribution in [-0.4, -0.2) is 82.7 Å². The molecule has 2 atom stereocenters. The van der Waals surface area contributed by atoms with Gasteiger partial charge in [0.1, 0.15) is 34.2 Å². The predicted molar refractivity (Wildman–Crippen MR) is 139 cm³/mol. The molecule has 6 rings (SSSR count). The van der Waals surface area contributed by atoms with Crippen LogP contribution >= 0.6 is 0 Å². The Morgan fingerprint density at radius 2 is 1.89 bits per heavy atom. The largest absolute Gasteiger partial charge is 0.496 e. The van der Waals surface area contributed by atoms with Crippen LogP contribution in [0, 0.1) is 6.92 Å². The third-order valence-corrected chi connectivity index (χ3v) is 7.42. The molecule has 9 heteroatoms. The predicted octanol–water partition coefficient (Wildman–Crippen LogP) is 3.27. The Bertz CT molecular complexity index is 1400. The zero-order valence-corrected chi connectivity index (χ0v) is 20.7. The van der Waals surface area contributed by atoms with E-state index in [9.17, 15) is 5.11 Å². The van der Waals surface area contributed by atoms with E-state index in [-0.39, 0.29) is 6.10 Å². The Hall–Kier alpha value is -3.69. The van der Waals surface area contributed by atoms with Gasteiger partial charge in [-0.2, -0.15) is 5.10 Å². The minimum Gasteiger partial charge on any atom is -0.496 e. The van der Waals surface area contributed by atoms with Crippen molar-refractivity contribution in [2.45, 2.75) is 25.5 Å². The monoisotopic (exact) mass is 486 g/mol. The molecule has 0 saturated carbocycles. The highest BCUT2D eigenvalue weighted by molar-refractivity contribution is 5.93. The van der Waals surface area contributed by atoms with E-state index >= 15 is 0 Å². The quantitative estimate of drug-likeness (QED) is 0.444. The van der Waals surface area contributed by atoms with Gasteiger partial charge in [0.15, 0.2) is 0 Å². The number of piperazine rings is 1. The standard InChI is InChI=1S/C27H30N6O3/c1-16-20(5-4-6-22(16)35-2)26-23(36-3)12-21-27(29-26)25(31-30-21)17-7-8-24(28-13-17)33-10-9-32-15-19(34)11-18(32)14-33/h4-8,12-13,18-19,34H,9-11,14-15H2,1-3H3,(H,30,31)/t18-,19+/m0/s1. The van der Waals surface area contributed by atoms with Gasteiger partial charge in [-0.1, -0.05) is 12.1 Å². The van der Waals surface area contributed by atoms with Gasteiger partial charge in [0.05, 0.1) is 25.8 Å². The highest BCUT2D eigenvalue weighted by atomic mass is 16.5. The second-order valence-electron chi connectivity index (χ2n) is 9.53. The number of methoxy groups -OCH3 is 2. The summed E-state index contributed by atoms with van der Waals surface area (Å²) in [7, 11) is 3.32. The van der Waals surface area contributed by atoms with Gasteiger partial charge in [-0.15, -0.1) is 0 Å². The van der Waals surface area contributed by atoms with Crippen molar-refractivity contribution in [1.82, 2.24) is 25.1 Å². The molecule has 9 nitrogen and oxygen atoms in total. The fraction of sp³-hybridized carbons (Fsp3) is 0.370. The second kappa shape index (κ2) is 9.07. The molecule has 0 amide bonds. The minimum absolute atomic E-state index is 0.213. The zero-order valence-electron chi connectivity index (χ0n) is 20.7. The smallest absolute Gasteiger partial charge is 0.147 e. The van der Waals surface area contributed by atoms with Gasteiger partial charge in [0, 0.05) is 61.2 Å². The molecular weight excluding hydrogens is 456 g/mol. The number of nitrogens with one attached hydrogen (secondary N) is 1. The molecule has 186 valence electrons. The number of aliphatic hydroxyl groups excluding tert-OH is 1. The molecule has 2 aliphatic heterocycles. The zero-order chi connectivity index (χ0) is 24.8. The van der Waals surface area contributed by atoms with Crippen LogP contribution in [0.3, 0.4) is 0 Å². The first-order valence-corrected chi connectivity index (χ1v) is 12.3. The summed E-state index contributed by atoms with van der Waals surface area (Å²) in [6, 6.07) is 12.3. The number of pyridine rings is 2. The van der Waals surface area contributed by atoms with Crippen LogP contribution in [0.4, 0.5) is 5.82 Å². The van der Waals surface area contributed by atoms with Crippen LogP contribution in [0.2, 0.25) is 0 Å². The topological polar surface area (TPSA) is 99.6 Å². The van der Waals surface area contributed by atoms with Gasteiger partial charge in [-0.3, -0.25) is 10.00 Å². The van der Waals surface area contributed by atoms with Crippen molar-refractivity contribution in [3.8, 4) is 34.0 Å². The number of aliphatic hydroxyl groups is 1. The Kier molecular flexibility index (Phi) is 5.73. The minimum atomic E-state index is -0.213. The number of H-pyrrole nitrogens is 1. The third kappa shape index (κ3) is 3.84. The number of benzene rings is 1. The Morgan fingerprint density at radius 1 is 1.03 bits per heavy atom. The molecule has 2 aliphatic rings. The van der Waals surface area contributed by atoms with Crippen molar-refractivity contribution in [3.63, 3.8) is 0 Å². The molecule has 0 unspecified atom stereocenters. The molecule has 0 spiro atoms. The van der Waals surface area contributed by atoms with Crippen LogP contribution in [-0.2, 0) is 0 Å². The summed E-state index contributed by atoms with van der Waals surface area (Å²) < 4.78 is 11.2. The first-order chi connectivity index (χ1) is 17.6. The Balaban J connectivity index is 1.33. The van der Waals surface area contributed by atoms with E-state index in [4.69, 9.17) is 19.4 Å². The maximum absolute atomic E-state index is 10.0. The number of aromatic amines is 1. The number of nitrogens with zero attached hydrogens (tertiary/aromatic N) is 5. The van der Waals surface area contributed by atoms with E-state index < -0.39 is 0 Å². The van der Waals surface area contributed by atoms with Gasteiger partial charge < -0.3 is 19.5 Å². The SMILES string of the molecule is COc1cc2[nH]nc(-c3ccc(N4CCN5C[C@H](O)C[C@H]5C4)nc3)c2nc1-c1cccc(OC)c1C. The molecule has 1 aromatic carbocycles. The summed E-state index contributed by atoms with van der Waals surface area (Å²) in [5, 5.41) is 17.7. The molecule has 3 aromatic heterocycles.